The minimum absolute atomic E-state index is 0.240. The van der Waals surface area contributed by atoms with Gasteiger partial charge in [-0.1, -0.05) is 15.9 Å². The fourth-order valence-corrected chi connectivity index (χ4v) is 2.27. The Morgan fingerprint density at radius 2 is 2.05 bits per heavy atom. The number of nitrogens with two attached hydrogens (primary N) is 1. The van der Waals surface area contributed by atoms with E-state index in [1.807, 2.05) is 18.2 Å². The molecule has 19 heavy (non-hydrogen) atoms. The molecule has 0 unspecified atom stereocenters. The summed E-state index contributed by atoms with van der Waals surface area (Å²) < 4.78 is 1.69. The second-order valence-electron chi connectivity index (χ2n) is 3.98. The highest BCUT2D eigenvalue weighted by Gasteiger charge is 2.12. The van der Waals surface area contributed by atoms with Crippen molar-refractivity contribution in [3.63, 3.8) is 0 Å². The van der Waals surface area contributed by atoms with Crippen molar-refractivity contribution in [1.29, 1.82) is 0 Å². The molecular weight excluding hydrogens is 374 g/mol. The molecule has 2 rings (SSSR count). The number of aryl methyl sites for hydroxylation is 1. The number of anilines is 2. The number of nitrogen functional groups attached to an aromatic ring is 1. The van der Waals surface area contributed by atoms with E-state index in [9.17, 15) is 4.79 Å². The molecule has 0 atom stereocenters. The molecule has 0 spiro atoms. The number of nitrogens with one attached hydrogen (secondary N) is 1. The van der Waals surface area contributed by atoms with Gasteiger partial charge in [0.2, 0.25) is 0 Å². The number of amides is 1. The zero-order chi connectivity index (χ0) is 14.0. The van der Waals surface area contributed by atoms with Crippen molar-refractivity contribution in [2.24, 2.45) is 0 Å². The van der Waals surface area contributed by atoms with Crippen LogP contribution in [0.2, 0.25) is 0 Å². The Bertz CT molecular complexity index is 644. The van der Waals surface area contributed by atoms with Crippen molar-refractivity contribution >= 4 is 49.1 Å². The highest BCUT2D eigenvalue weighted by atomic mass is 79.9. The predicted molar refractivity (Wildman–Crippen MR) is 83.2 cm³/mol. The van der Waals surface area contributed by atoms with E-state index in [1.165, 1.54) is 6.20 Å². The van der Waals surface area contributed by atoms with E-state index in [0.717, 1.165) is 8.95 Å². The lowest BCUT2D eigenvalue weighted by molar-refractivity contribution is 0.102. The summed E-state index contributed by atoms with van der Waals surface area (Å²) in [6, 6.07) is 7.16. The van der Waals surface area contributed by atoms with Gasteiger partial charge in [0.15, 0.2) is 0 Å². The molecule has 0 radical (unpaired) electrons. The van der Waals surface area contributed by atoms with Crippen LogP contribution in [-0.2, 0) is 0 Å². The molecule has 0 aliphatic heterocycles. The van der Waals surface area contributed by atoms with Gasteiger partial charge < -0.3 is 11.1 Å². The van der Waals surface area contributed by atoms with E-state index in [1.54, 1.807) is 13.0 Å². The maximum absolute atomic E-state index is 12.2. The monoisotopic (exact) mass is 383 g/mol. The molecule has 0 fully saturated rings. The lowest BCUT2D eigenvalue weighted by Crippen LogP contribution is -2.15. The first kappa shape index (κ1) is 14.0. The fraction of sp³-hybridized carbons (Fsp3) is 0.0769. The predicted octanol–water partition coefficient (Wildman–Crippen LogP) is 3.75. The van der Waals surface area contributed by atoms with Crippen LogP contribution in [-0.4, -0.2) is 10.9 Å². The minimum atomic E-state index is -0.240. The second kappa shape index (κ2) is 5.71. The van der Waals surface area contributed by atoms with Crippen molar-refractivity contribution in [2.45, 2.75) is 6.92 Å². The van der Waals surface area contributed by atoms with Crippen LogP contribution in [0.25, 0.3) is 0 Å². The SMILES string of the molecule is Cc1ncc(N)cc1C(=O)Nc1cc(Br)ccc1Br. The molecule has 1 heterocycles. The number of hydrogen-bond donors (Lipinski definition) is 2. The molecule has 4 nitrogen and oxygen atoms in total. The van der Waals surface area contributed by atoms with Gasteiger partial charge >= 0.3 is 0 Å². The Hall–Kier alpha value is -1.40. The third-order valence-electron chi connectivity index (χ3n) is 2.53. The highest BCUT2D eigenvalue weighted by Crippen LogP contribution is 2.26. The summed E-state index contributed by atoms with van der Waals surface area (Å²) >= 11 is 6.75. The van der Waals surface area contributed by atoms with Crippen LogP contribution < -0.4 is 11.1 Å². The molecule has 2 aromatic rings. The summed E-state index contributed by atoms with van der Waals surface area (Å²) in [7, 11) is 0. The zero-order valence-electron chi connectivity index (χ0n) is 10.1. The number of aromatic nitrogens is 1. The van der Waals surface area contributed by atoms with E-state index in [0.29, 0.717) is 22.6 Å². The van der Waals surface area contributed by atoms with Gasteiger partial charge in [-0.05, 0) is 47.1 Å². The lowest BCUT2D eigenvalue weighted by atomic mass is 10.1. The molecule has 6 heteroatoms. The number of rotatable bonds is 2. The largest absolute Gasteiger partial charge is 0.397 e. The van der Waals surface area contributed by atoms with Crippen LogP contribution in [0.1, 0.15) is 16.1 Å². The van der Waals surface area contributed by atoms with Gasteiger partial charge in [0.1, 0.15) is 0 Å². The van der Waals surface area contributed by atoms with Crippen LogP contribution in [0.15, 0.2) is 39.4 Å². The summed E-state index contributed by atoms with van der Waals surface area (Å²) in [6.45, 7) is 1.77. The number of carbonyl (C=O) groups excluding carboxylic acids is 1. The first-order valence-electron chi connectivity index (χ1n) is 5.46. The zero-order valence-corrected chi connectivity index (χ0v) is 13.2. The standard InChI is InChI=1S/C13H11Br2N3O/c1-7-10(5-9(16)6-17-7)13(19)18-12-4-8(14)2-3-11(12)15/h2-6H,16H2,1H3,(H,18,19). The van der Waals surface area contributed by atoms with Crippen LogP contribution in [0.5, 0.6) is 0 Å². The van der Waals surface area contributed by atoms with Gasteiger partial charge in [-0.25, -0.2) is 0 Å². The molecule has 0 saturated heterocycles. The molecule has 0 bridgehead atoms. The van der Waals surface area contributed by atoms with Crippen LogP contribution in [0, 0.1) is 6.92 Å². The second-order valence-corrected chi connectivity index (χ2v) is 5.75. The maximum atomic E-state index is 12.2. The van der Waals surface area contributed by atoms with Crippen molar-refractivity contribution in [1.82, 2.24) is 4.98 Å². The molecule has 98 valence electrons. The number of pyridine rings is 1. The topological polar surface area (TPSA) is 68.0 Å². The number of hydrogen-bond acceptors (Lipinski definition) is 3. The molecule has 0 saturated carbocycles. The molecular formula is C13H11Br2N3O. The summed E-state index contributed by atoms with van der Waals surface area (Å²) in [5.41, 5.74) is 7.90. The van der Waals surface area contributed by atoms with Crippen molar-refractivity contribution < 1.29 is 4.79 Å². The van der Waals surface area contributed by atoms with Gasteiger partial charge in [0.25, 0.3) is 5.91 Å². The fourth-order valence-electron chi connectivity index (χ4n) is 1.56. The number of nitrogens with zero attached hydrogens (tertiary/aromatic N) is 1. The number of benzene rings is 1. The van der Waals surface area contributed by atoms with Gasteiger partial charge in [0, 0.05) is 8.95 Å². The van der Waals surface area contributed by atoms with Crippen molar-refractivity contribution in [2.75, 3.05) is 11.1 Å². The highest BCUT2D eigenvalue weighted by molar-refractivity contribution is 9.11. The minimum Gasteiger partial charge on any atom is -0.397 e. The molecule has 3 N–H and O–H groups in total. The van der Waals surface area contributed by atoms with E-state index >= 15 is 0 Å². The van der Waals surface area contributed by atoms with Crippen LogP contribution in [0.3, 0.4) is 0 Å². The Labute approximate surface area is 127 Å². The average Bonchev–Trinajstić information content (AvgIpc) is 2.36. The van der Waals surface area contributed by atoms with Crippen molar-refractivity contribution in [3.05, 3.63) is 50.7 Å². The summed E-state index contributed by atoms with van der Waals surface area (Å²) in [6.07, 6.45) is 1.53. The first-order chi connectivity index (χ1) is 8.97. The normalized spacial score (nSPS) is 10.3. The third-order valence-corrected chi connectivity index (χ3v) is 3.71. The van der Waals surface area contributed by atoms with E-state index in [4.69, 9.17) is 5.73 Å². The molecule has 1 aromatic heterocycles. The molecule has 0 aliphatic carbocycles. The average molecular weight is 385 g/mol. The molecule has 1 aromatic carbocycles. The summed E-state index contributed by atoms with van der Waals surface area (Å²) in [4.78, 5) is 16.3. The Morgan fingerprint density at radius 3 is 2.79 bits per heavy atom. The van der Waals surface area contributed by atoms with E-state index in [-0.39, 0.29) is 5.91 Å². The van der Waals surface area contributed by atoms with Crippen molar-refractivity contribution in [3.8, 4) is 0 Å². The summed E-state index contributed by atoms with van der Waals surface area (Å²) in [5.74, 6) is -0.240. The van der Waals surface area contributed by atoms with E-state index < -0.39 is 0 Å². The van der Waals surface area contributed by atoms with E-state index in [2.05, 4.69) is 42.2 Å². The molecule has 1 amide bonds. The molecule has 0 aliphatic rings. The van der Waals surface area contributed by atoms with Crippen LogP contribution >= 0.6 is 31.9 Å². The van der Waals surface area contributed by atoms with Gasteiger partial charge in [-0.3, -0.25) is 9.78 Å². The van der Waals surface area contributed by atoms with Gasteiger partial charge in [0.05, 0.1) is 28.8 Å². The van der Waals surface area contributed by atoms with Gasteiger partial charge in [-0.15, -0.1) is 0 Å². The quantitative estimate of drug-likeness (QED) is 0.828. The van der Waals surface area contributed by atoms with Crippen LogP contribution in [0.4, 0.5) is 11.4 Å². The Balaban J connectivity index is 2.30. The third kappa shape index (κ3) is 3.33. The smallest absolute Gasteiger partial charge is 0.257 e. The van der Waals surface area contributed by atoms with Gasteiger partial charge in [-0.2, -0.15) is 0 Å². The first-order valence-corrected chi connectivity index (χ1v) is 7.04. The Morgan fingerprint density at radius 1 is 1.32 bits per heavy atom. The number of carbonyl (C=O) groups is 1. The maximum Gasteiger partial charge on any atom is 0.257 e. The lowest BCUT2D eigenvalue weighted by Gasteiger charge is -2.09. The Kier molecular flexibility index (Phi) is 4.21. The number of halogens is 2. The summed E-state index contributed by atoms with van der Waals surface area (Å²) in [5, 5.41) is 2.82.